The Bertz CT molecular complexity index is 1240. The molecule has 3 heterocycles. The van der Waals surface area contributed by atoms with E-state index in [1.807, 2.05) is 16.6 Å². The van der Waals surface area contributed by atoms with Crippen molar-refractivity contribution in [1.82, 2.24) is 30.2 Å². The second kappa shape index (κ2) is 10.2. The summed E-state index contributed by atoms with van der Waals surface area (Å²) < 4.78 is 1.86. The van der Waals surface area contributed by atoms with Crippen molar-refractivity contribution < 1.29 is 9.59 Å². The normalized spacial score (nSPS) is 16.8. The minimum absolute atomic E-state index is 0.0643. The molecule has 2 aromatic heterocycles. The Morgan fingerprint density at radius 1 is 1.11 bits per heavy atom. The Hall–Kier alpha value is -3.49. The fraction of sp³-hybridized carbons (Fsp3) is 0.519. The maximum atomic E-state index is 13.2. The van der Waals surface area contributed by atoms with Gasteiger partial charge in [0.15, 0.2) is 0 Å². The van der Waals surface area contributed by atoms with Gasteiger partial charge in [-0.05, 0) is 49.1 Å². The van der Waals surface area contributed by atoms with E-state index >= 15 is 0 Å². The quantitative estimate of drug-likeness (QED) is 0.529. The van der Waals surface area contributed by atoms with Gasteiger partial charge in [0.1, 0.15) is 18.2 Å². The monoisotopic (exact) mass is 489 g/mol. The summed E-state index contributed by atoms with van der Waals surface area (Å²) in [5.41, 5.74) is 4.71. The molecule has 1 aliphatic carbocycles. The number of amides is 2. The zero-order valence-electron chi connectivity index (χ0n) is 21.3. The lowest BCUT2D eigenvalue weighted by Gasteiger charge is -2.35. The van der Waals surface area contributed by atoms with Gasteiger partial charge in [-0.1, -0.05) is 38.1 Å². The van der Waals surface area contributed by atoms with Gasteiger partial charge in [-0.25, -0.2) is 4.98 Å². The number of aromatic nitrogens is 4. The summed E-state index contributed by atoms with van der Waals surface area (Å²) in [7, 11) is 0. The van der Waals surface area contributed by atoms with Crippen LogP contribution in [0.1, 0.15) is 68.3 Å². The minimum atomic E-state index is -0.594. The van der Waals surface area contributed by atoms with Crippen LogP contribution in [0.15, 0.2) is 30.6 Å². The molecule has 190 valence electrons. The van der Waals surface area contributed by atoms with Crippen LogP contribution in [-0.4, -0.2) is 56.6 Å². The van der Waals surface area contributed by atoms with Crippen LogP contribution in [0.2, 0.25) is 0 Å². The van der Waals surface area contributed by atoms with Gasteiger partial charge in [-0.2, -0.15) is 14.6 Å². The van der Waals surface area contributed by atoms with Gasteiger partial charge < -0.3 is 15.5 Å². The molecule has 0 unspecified atom stereocenters. The molecular formula is C27H35N7O2. The number of nitrogens with one attached hydrogen (secondary N) is 2. The van der Waals surface area contributed by atoms with Crippen LogP contribution >= 0.6 is 0 Å². The predicted octanol–water partition coefficient (Wildman–Crippen LogP) is 2.57. The first-order chi connectivity index (χ1) is 17.4. The average Bonchev–Trinajstić information content (AvgIpc) is 3.52. The molecule has 5 rings (SSSR count). The van der Waals surface area contributed by atoms with Crippen LogP contribution < -0.4 is 15.5 Å². The molecule has 1 saturated heterocycles. The van der Waals surface area contributed by atoms with Gasteiger partial charge >= 0.3 is 0 Å². The average molecular weight is 490 g/mol. The summed E-state index contributed by atoms with van der Waals surface area (Å²) in [6.45, 7) is 7.41. The van der Waals surface area contributed by atoms with Gasteiger partial charge in [0, 0.05) is 38.0 Å². The van der Waals surface area contributed by atoms with Gasteiger partial charge in [-0.3, -0.25) is 9.59 Å². The molecule has 2 aliphatic rings. The van der Waals surface area contributed by atoms with Crippen molar-refractivity contribution in [1.29, 1.82) is 0 Å². The molecule has 0 radical (unpaired) electrons. The summed E-state index contributed by atoms with van der Waals surface area (Å²) in [5.74, 6) is 1.89. The second-order valence-electron chi connectivity index (χ2n) is 10.3. The zero-order valence-corrected chi connectivity index (χ0v) is 21.3. The van der Waals surface area contributed by atoms with Gasteiger partial charge in [0.2, 0.25) is 11.8 Å². The lowest BCUT2D eigenvalue weighted by molar-refractivity contribution is -0.128. The number of nitrogens with zero attached hydrogens (tertiary/aromatic N) is 5. The van der Waals surface area contributed by atoms with Crippen molar-refractivity contribution in [3.63, 3.8) is 0 Å². The van der Waals surface area contributed by atoms with Gasteiger partial charge in [0.25, 0.3) is 5.78 Å². The molecule has 2 N–H and O–H groups in total. The fourth-order valence-electron chi connectivity index (χ4n) is 5.39. The highest BCUT2D eigenvalue weighted by Gasteiger charge is 2.30. The number of aryl methyl sites for hydroxylation is 1. The molecule has 9 heteroatoms. The first kappa shape index (κ1) is 24.2. The molecule has 1 atom stereocenters. The third-order valence-electron chi connectivity index (χ3n) is 7.35. The highest BCUT2D eigenvalue weighted by Crippen LogP contribution is 2.32. The van der Waals surface area contributed by atoms with Crippen LogP contribution in [-0.2, 0) is 28.9 Å². The predicted molar refractivity (Wildman–Crippen MR) is 138 cm³/mol. The second-order valence-corrected chi connectivity index (χ2v) is 10.3. The fourth-order valence-corrected chi connectivity index (χ4v) is 5.39. The van der Waals surface area contributed by atoms with Crippen LogP contribution in [0.3, 0.4) is 0 Å². The molecule has 1 aromatic carbocycles. The molecular weight excluding hydrogens is 454 g/mol. The van der Waals surface area contributed by atoms with E-state index in [9.17, 15) is 9.59 Å². The van der Waals surface area contributed by atoms with E-state index in [2.05, 4.69) is 56.6 Å². The standard InChI is InChI=1S/C27H35N7O2/c1-17(2)20-9-7-19(8-10-20)15-24(30-18(3)35)25(36)31-21-11-13-33(14-12-21)26-22-5-4-6-23(22)32-27-28-16-29-34(26)27/h7-10,16-17,21,24H,4-6,11-15H2,1-3H3,(H,30,35)(H,31,36)/t24-/m1/s1. The summed E-state index contributed by atoms with van der Waals surface area (Å²) in [6, 6.07) is 7.76. The topological polar surface area (TPSA) is 105 Å². The number of piperidine rings is 1. The van der Waals surface area contributed by atoms with E-state index in [0.29, 0.717) is 18.1 Å². The molecule has 1 fully saturated rings. The van der Waals surface area contributed by atoms with Crippen molar-refractivity contribution >= 4 is 23.4 Å². The Labute approximate surface area is 211 Å². The molecule has 2 amide bonds. The van der Waals surface area contributed by atoms with Gasteiger partial charge in [-0.15, -0.1) is 0 Å². The largest absolute Gasteiger partial charge is 0.356 e. The van der Waals surface area contributed by atoms with E-state index < -0.39 is 6.04 Å². The Morgan fingerprint density at radius 2 is 1.86 bits per heavy atom. The first-order valence-electron chi connectivity index (χ1n) is 13.0. The Kier molecular flexibility index (Phi) is 6.89. The van der Waals surface area contributed by atoms with E-state index in [0.717, 1.165) is 62.3 Å². The summed E-state index contributed by atoms with van der Waals surface area (Å²) >= 11 is 0. The molecule has 0 bridgehead atoms. The van der Waals surface area contributed by atoms with E-state index in [1.165, 1.54) is 18.1 Å². The molecule has 1 aliphatic heterocycles. The molecule has 3 aromatic rings. The highest BCUT2D eigenvalue weighted by molar-refractivity contribution is 5.87. The van der Waals surface area contributed by atoms with Crippen molar-refractivity contribution in [3.05, 3.63) is 53.0 Å². The van der Waals surface area contributed by atoms with Crippen molar-refractivity contribution in [2.24, 2.45) is 0 Å². The van der Waals surface area contributed by atoms with Crippen molar-refractivity contribution in [2.75, 3.05) is 18.0 Å². The van der Waals surface area contributed by atoms with E-state index in [-0.39, 0.29) is 17.9 Å². The van der Waals surface area contributed by atoms with Crippen LogP contribution in [0.5, 0.6) is 0 Å². The highest BCUT2D eigenvalue weighted by atomic mass is 16.2. The number of rotatable bonds is 7. The molecule has 36 heavy (non-hydrogen) atoms. The number of carbonyl (C=O) groups is 2. The number of benzene rings is 1. The third kappa shape index (κ3) is 5.05. The summed E-state index contributed by atoms with van der Waals surface area (Å²) in [4.78, 5) is 36.4. The van der Waals surface area contributed by atoms with Crippen molar-refractivity contribution in [2.45, 2.75) is 77.3 Å². The Balaban J connectivity index is 1.23. The molecule has 0 spiro atoms. The number of carbonyl (C=O) groups excluding carboxylic acids is 2. The summed E-state index contributed by atoms with van der Waals surface area (Å²) in [6.07, 6.45) is 6.80. The minimum Gasteiger partial charge on any atom is -0.356 e. The number of hydrogen-bond acceptors (Lipinski definition) is 6. The molecule has 0 saturated carbocycles. The van der Waals surface area contributed by atoms with Gasteiger partial charge in [0.05, 0.1) is 5.69 Å². The first-order valence-corrected chi connectivity index (χ1v) is 13.0. The SMILES string of the molecule is CC(=O)N[C@H](Cc1ccc(C(C)C)cc1)C(=O)NC1CCN(c2c3c(nc4ncnn24)CCC3)CC1. The Morgan fingerprint density at radius 3 is 2.56 bits per heavy atom. The van der Waals surface area contributed by atoms with Crippen LogP contribution in [0.25, 0.3) is 5.78 Å². The number of fused-ring (bicyclic) bond motifs is 2. The lowest BCUT2D eigenvalue weighted by atomic mass is 9.98. The molecule has 9 nitrogen and oxygen atoms in total. The zero-order chi connectivity index (χ0) is 25.2. The number of anilines is 1. The number of hydrogen-bond donors (Lipinski definition) is 2. The lowest BCUT2D eigenvalue weighted by Crippen LogP contribution is -2.52. The van der Waals surface area contributed by atoms with Crippen LogP contribution in [0, 0.1) is 0 Å². The maximum absolute atomic E-state index is 13.2. The summed E-state index contributed by atoms with van der Waals surface area (Å²) in [5, 5.41) is 10.5. The smallest absolute Gasteiger partial charge is 0.254 e. The van der Waals surface area contributed by atoms with E-state index in [4.69, 9.17) is 0 Å². The van der Waals surface area contributed by atoms with Crippen molar-refractivity contribution in [3.8, 4) is 0 Å². The van der Waals surface area contributed by atoms with Crippen LogP contribution in [0.4, 0.5) is 5.82 Å². The van der Waals surface area contributed by atoms with E-state index in [1.54, 1.807) is 6.33 Å². The maximum Gasteiger partial charge on any atom is 0.254 e. The third-order valence-corrected chi connectivity index (χ3v) is 7.35.